The molecule has 0 amide bonds. The van der Waals surface area contributed by atoms with Crippen LogP contribution in [0.5, 0.6) is 0 Å². The van der Waals surface area contributed by atoms with Gasteiger partial charge in [0, 0.05) is 0 Å². The van der Waals surface area contributed by atoms with Crippen LogP contribution in [0.1, 0.15) is 83.5 Å². The minimum atomic E-state index is -3.19. The Bertz CT molecular complexity index is 583. The first-order valence-electron chi connectivity index (χ1n) is 10.8. The molecule has 4 nitrogen and oxygen atoms in total. The zero-order valence-electron chi connectivity index (χ0n) is 18.4. The predicted molar refractivity (Wildman–Crippen MR) is 117 cm³/mol. The molecule has 0 aliphatic carbocycles. The standard InChI is InChI=1S/C16H33NO2.C7H5O.Sn/c1-6-7-8-9-10-11-12-17(13-15(2,3)18)14-16(4,5)19;8-6-7-4-2-1-3-5-7;/h6-14H2,1-5H3;1-5H;/q-2;;+2. The van der Waals surface area contributed by atoms with Crippen LogP contribution < -0.4 is 0 Å². The van der Waals surface area contributed by atoms with Gasteiger partial charge in [0.05, 0.1) is 0 Å². The van der Waals surface area contributed by atoms with E-state index in [0.717, 1.165) is 19.6 Å². The van der Waals surface area contributed by atoms with Crippen LogP contribution in [0.4, 0.5) is 0 Å². The maximum absolute atomic E-state index is 13.0. The number of hydrogen-bond donors (Lipinski definition) is 0. The molecule has 1 radical (unpaired) electrons. The average Bonchev–Trinajstić information content (AvgIpc) is 2.62. The van der Waals surface area contributed by atoms with Crippen molar-refractivity contribution in [3.8, 4) is 0 Å². The third-order valence-corrected chi connectivity index (χ3v) is 11.1. The van der Waals surface area contributed by atoms with Crippen LogP contribution in [0, 0.1) is 0 Å². The van der Waals surface area contributed by atoms with Gasteiger partial charge in [-0.05, 0) is 0 Å². The number of unbranched alkanes of at least 4 members (excludes halogenated alkanes) is 5. The third-order valence-electron chi connectivity index (χ3n) is 5.00. The van der Waals surface area contributed by atoms with E-state index in [4.69, 9.17) is 6.15 Å². The van der Waals surface area contributed by atoms with Crippen molar-refractivity contribution < 1.29 is 10.9 Å². The minimum absolute atomic E-state index is 0.0912. The first-order chi connectivity index (χ1) is 13.2. The summed E-state index contributed by atoms with van der Waals surface area (Å²) >= 11 is -3.19. The van der Waals surface area contributed by atoms with Gasteiger partial charge in [0.25, 0.3) is 0 Å². The van der Waals surface area contributed by atoms with E-state index in [1.165, 1.54) is 38.5 Å². The summed E-state index contributed by atoms with van der Waals surface area (Å²) in [4.78, 5) is 15.5. The Labute approximate surface area is 179 Å². The number of carbonyl (C=O) groups excluding carboxylic acids is 1. The Hall–Kier alpha value is -0.431. The van der Waals surface area contributed by atoms with Crippen molar-refractivity contribution in [3.63, 3.8) is 0 Å². The SMILES string of the molecule is CCCCCCCCN1CC(C)(C)[O][Sn]([C](=O)c2ccccc2)[O]C(C)(C)C1. The summed E-state index contributed by atoms with van der Waals surface area (Å²) in [5.74, 6) is 0. The topological polar surface area (TPSA) is 38.8 Å². The number of carbonyl (C=O) groups is 1. The summed E-state index contributed by atoms with van der Waals surface area (Å²) in [5.41, 5.74) is -0.0106. The molecule has 5 heteroatoms. The zero-order chi connectivity index (χ0) is 20.6. The van der Waals surface area contributed by atoms with Gasteiger partial charge in [-0.15, -0.1) is 0 Å². The van der Waals surface area contributed by atoms with Gasteiger partial charge in [-0.2, -0.15) is 0 Å². The van der Waals surface area contributed by atoms with Gasteiger partial charge in [-0.1, -0.05) is 0 Å². The van der Waals surface area contributed by atoms with Gasteiger partial charge in [0.2, 0.25) is 0 Å². The molecule has 28 heavy (non-hydrogen) atoms. The molecule has 0 atom stereocenters. The summed E-state index contributed by atoms with van der Waals surface area (Å²) < 4.78 is 12.9. The predicted octanol–water partition coefficient (Wildman–Crippen LogP) is 5.16. The molecule has 157 valence electrons. The van der Waals surface area contributed by atoms with Gasteiger partial charge in [-0.3, -0.25) is 0 Å². The van der Waals surface area contributed by atoms with Crippen LogP contribution in [0.15, 0.2) is 30.3 Å². The molecule has 1 fully saturated rings. The van der Waals surface area contributed by atoms with Crippen molar-refractivity contribution in [1.82, 2.24) is 4.90 Å². The summed E-state index contributed by atoms with van der Waals surface area (Å²) in [6.07, 6.45) is 7.80. The van der Waals surface area contributed by atoms with Crippen LogP contribution in [0.3, 0.4) is 0 Å². The van der Waals surface area contributed by atoms with E-state index in [9.17, 15) is 4.79 Å². The molecular formula is C23H38NO3Sn. The molecule has 1 aliphatic rings. The van der Waals surface area contributed by atoms with E-state index in [2.05, 4.69) is 39.5 Å². The summed E-state index contributed by atoms with van der Waals surface area (Å²) in [6.45, 7) is 13.4. The van der Waals surface area contributed by atoms with E-state index in [-0.39, 0.29) is 15.0 Å². The molecule has 1 aromatic rings. The Balaban J connectivity index is 1.99. The van der Waals surface area contributed by atoms with Crippen LogP contribution >= 0.6 is 0 Å². The maximum atomic E-state index is 13.0. The van der Waals surface area contributed by atoms with E-state index >= 15 is 0 Å². The molecule has 1 saturated heterocycles. The van der Waals surface area contributed by atoms with Crippen molar-refractivity contribution in [2.24, 2.45) is 0 Å². The van der Waals surface area contributed by atoms with Crippen molar-refractivity contribution in [2.45, 2.75) is 84.3 Å². The average molecular weight is 495 g/mol. The Kier molecular flexibility index (Phi) is 9.45. The summed E-state index contributed by atoms with van der Waals surface area (Å²) in [7, 11) is 0. The van der Waals surface area contributed by atoms with Gasteiger partial charge < -0.3 is 0 Å². The van der Waals surface area contributed by atoms with Crippen molar-refractivity contribution in [3.05, 3.63) is 35.9 Å². The second-order valence-corrected chi connectivity index (χ2v) is 13.3. The van der Waals surface area contributed by atoms with Crippen LogP contribution in [-0.2, 0) is 6.15 Å². The van der Waals surface area contributed by atoms with E-state index in [1.807, 2.05) is 30.3 Å². The molecule has 0 spiro atoms. The zero-order valence-corrected chi connectivity index (χ0v) is 21.3. The third kappa shape index (κ3) is 8.13. The first-order valence-corrected chi connectivity index (χ1v) is 14.6. The summed E-state index contributed by atoms with van der Waals surface area (Å²) in [5, 5.41) is 0. The number of nitrogens with zero attached hydrogens (tertiary/aromatic N) is 1. The quantitative estimate of drug-likeness (QED) is 0.351. The molecule has 0 saturated carbocycles. The monoisotopic (exact) mass is 496 g/mol. The molecule has 0 N–H and O–H groups in total. The summed E-state index contributed by atoms with van der Waals surface area (Å²) in [6, 6.07) is 9.47. The van der Waals surface area contributed by atoms with E-state index in [1.54, 1.807) is 0 Å². The van der Waals surface area contributed by atoms with E-state index in [0.29, 0.717) is 5.56 Å². The van der Waals surface area contributed by atoms with Crippen molar-refractivity contribution >= 4 is 24.4 Å². The fraction of sp³-hybridized carbons (Fsp3) is 0.696. The Morgan fingerprint density at radius 3 is 2.04 bits per heavy atom. The molecular weight excluding hydrogens is 457 g/mol. The molecule has 0 bridgehead atoms. The second kappa shape index (κ2) is 11.1. The van der Waals surface area contributed by atoms with Crippen LogP contribution in [-0.4, -0.2) is 60.1 Å². The fourth-order valence-electron chi connectivity index (χ4n) is 3.79. The van der Waals surface area contributed by atoms with Crippen molar-refractivity contribution in [1.29, 1.82) is 0 Å². The molecule has 0 aromatic heterocycles. The normalized spacial score (nSPS) is 20.5. The second-order valence-electron chi connectivity index (χ2n) is 9.18. The van der Waals surface area contributed by atoms with Gasteiger partial charge in [0.1, 0.15) is 0 Å². The number of benzene rings is 1. The first kappa shape index (κ1) is 23.8. The Morgan fingerprint density at radius 2 is 1.46 bits per heavy atom. The molecule has 1 heterocycles. The Morgan fingerprint density at radius 1 is 0.929 bits per heavy atom. The van der Waals surface area contributed by atoms with Gasteiger partial charge >= 0.3 is 180 Å². The van der Waals surface area contributed by atoms with Crippen molar-refractivity contribution in [2.75, 3.05) is 19.6 Å². The fourth-order valence-corrected chi connectivity index (χ4v) is 8.82. The molecule has 2 rings (SSSR count). The molecule has 0 unspecified atom stereocenters. The number of rotatable bonds is 9. The van der Waals surface area contributed by atoms with Crippen LogP contribution in [0.25, 0.3) is 0 Å². The van der Waals surface area contributed by atoms with Gasteiger partial charge in [-0.25, -0.2) is 0 Å². The van der Waals surface area contributed by atoms with Crippen LogP contribution in [0.2, 0.25) is 0 Å². The molecule has 1 aliphatic heterocycles. The van der Waals surface area contributed by atoms with Gasteiger partial charge in [0.15, 0.2) is 0 Å². The van der Waals surface area contributed by atoms with E-state index < -0.39 is 20.6 Å². The molecule has 1 aromatic carbocycles. The number of hydrogen-bond acceptors (Lipinski definition) is 4.